The van der Waals surface area contributed by atoms with Crippen molar-refractivity contribution in [3.63, 3.8) is 0 Å². The fourth-order valence-corrected chi connectivity index (χ4v) is 4.15. The Morgan fingerprint density at radius 1 is 1.26 bits per heavy atom. The molecule has 0 radical (unpaired) electrons. The van der Waals surface area contributed by atoms with Crippen molar-refractivity contribution in [1.29, 1.82) is 0 Å². The first-order chi connectivity index (χ1) is 11.1. The largest absolute Gasteiger partial charge is 0.337 e. The van der Waals surface area contributed by atoms with Gasteiger partial charge in [0.1, 0.15) is 12.1 Å². The van der Waals surface area contributed by atoms with E-state index in [0.29, 0.717) is 19.4 Å². The molecule has 0 aromatic carbocycles. The SMILES string of the molecule is CNCC1CCCN1C(=O)CN1C(=O)NC2(CCCCC2)C1=O. The number of hydrogen-bond acceptors (Lipinski definition) is 4. The van der Waals surface area contributed by atoms with Gasteiger partial charge < -0.3 is 15.5 Å². The first kappa shape index (κ1) is 16.2. The standard InChI is InChI=1S/C16H26N4O3/c1-17-10-12-6-5-9-19(12)13(21)11-20-14(22)16(18-15(20)23)7-3-2-4-8-16/h12,17H,2-11H2,1H3,(H,18,23). The summed E-state index contributed by atoms with van der Waals surface area (Å²) in [5.74, 6) is -0.334. The number of urea groups is 1. The van der Waals surface area contributed by atoms with Gasteiger partial charge >= 0.3 is 6.03 Å². The molecule has 2 aliphatic heterocycles. The van der Waals surface area contributed by atoms with Crippen LogP contribution in [0.3, 0.4) is 0 Å². The van der Waals surface area contributed by atoms with Crippen molar-refractivity contribution in [3.8, 4) is 0 Å². The Morgan fingerprint density at radius 3 is 2.70 bits per heavy atom. The summed E-state index contributed by atoms with van der Waals surface area (Å²) in [6.07, 6.45) is 6.32. The molecule has 4 amide bonds. The highest BCUT2D eigenvalue weighted by Crippen LogP contribution is 2.33. The predicted molar refractivity (Wildman–Crippen MR) is 84.7 cm³/mol. The Morgan fingerprint density at radius 2 is 2.00 bits per heavy atom. The molecule has 2 saturated heterocycles. The molecule has 23 heavy (non-hydrogen) atoms. The highest BCUT2D eigenvalue weighted by atomic mass is 16.2. The van der Waals surface area contributed by atoms with Gasteiger partial charge in [-0.15, -0.1) is 0 Å². The molecule has 0 aromatic rings. The average Bonchev–Trinajstić information content (AvgIpc) is 3.08. The monoisotopic (exact) mass is 322 g/mol. The topological polar surface area (TPSA) is 81.8 Å². The number of imide groups is 1. The molecule has 0 bridgehead atoms. The zero-order valence-electron chi connectivity index (χ0n) is 13.8. The molecule has 2 heterocycles. The van der Waals surface area contributed by atoms with Gasteiger partial charge in [0.05, 0.1) is 0 Å². The number of likely N-dealkylation sites (N-methyl/N-ethyl adjacent to an activating group) is 1. The summed E-state index contributed by atoms with van der Waals surface area (Å²) in [6, 6.07) is -0.244. The molecule has 7 nitrogen and oxygen atoms in total. The summed E-state index contributed by atoms with van der Waals surface area (Å²) in [5.41, 5.74) is -0.745. The second-order valence-corrected chi connectivity index (χ2v) is 6.91. The van der Waals surface area contributed by atoms with E-state index in [1.807, 2.05) is 11.9 Å². The lowest BCUT2D eigenvalue weighted by atomic mass is 9.82. The molecule has 1 unspecified atom stereocenters. The van der Waals surface area contributed by atoms with Crippen molar-refractivity contribution < 1.29 is 14.4 Å². The summed E-state index contributed by atoms with van der Waals surface area (Å²) in [6.45, 7) is 1.32. The van der Waals surface area contributed by atoms with Crippen LogP contribution in [-0.4, -0.2) is 65.9 Å². The van der Waals surface area contributed by atoms with E-state index in [4.69, 9.17) is 0 Å². The molecule has 2 N–H and O–H groups in total. The molecule has 1 spiro atoms. The van der Waals surface area contributed by atoms with E-state index in [9.17, 15) is 14.4 Å². The van der Waals surface area contributed by atoms with E-state index in [-0.39, 0.29) is 24.4 Å². The third-order valence-electron chi connectivity index (χ3n) is 5.38. The molecule has 3 fully saturated rings. The van der Waals surface area contributed by atoms with E-state index in [1.165, 1.54) is 0 Å². The lowest BCUT2D eigenvalue weighted by Crippen LogP contribution is -2.50. The van der Waals surface area contributed by atoms with Crippen molar-refractivity contribution in [2.45, 2.75) is 56.5 Å². The van der Waals surface area contributed by atoms with Crippen LogP contribution in [0.4, 0.5) is 4.79 Å². The Labute approximate surface area is 136 Å². The van der Waals surface area contributed by atoms with Gasteiger partial charge in [0.15, 0.2) is 0 Å². The van der Waals surface area contributed by atoms with Gasteiger partial charge in [-0.25, -0.2) is 4.79 Å². The number of nitrogens with zero attached hydrogens (tertiary/aromatic N) is 2. The maximum Gasteiger partial charge on any atom is 0.325 e. The number of carbonyl (C=O) groups excluding carboxylic acids is 3. The highest BCUT2D eigenvalue weighted by molar-refractivity contribution is 6.09. The second kappa shape index (κ2) is 6.47. The van der Waals surface area contributed by atoms with Gasteiger partial charge in [-0.05, 0) is 32.7 Å². The van der Waals surface area contributed by atoms with Crippen LogP contribution in [0.15, 0.2) is 0 Å². The summed E-state index contributed by atoms with van der Waals surface area (Å²) in [7, 11) is 1.87. The number of nitrogens with one attached hydrogen (secondary N) is 2. The van der Waals surface area contributed by atoms with Gasteiger partial charge in [-0.1, -0.05) is 19.3 Å². The molecule has 3 rings (SSSR count). The first-order valence-corrected chi connectivity index (χ1v) is 8.65. The molecule has 1 aliphatic carbocycles. The molecule has 0 aromatic heterocycles. The minimum absolute atomic E-state index is 0.126. The Kier molecular flexibility index (Phi) is 4.57. The van der Waals surface area contributed by atoms with Crippen LogP contribution in [0.2, 0.25) is 0 Å². The molecular formula is C16H26N4O3. The van der Waals surface area contributed by atoms with Crippen molar-refractivity contribution in [2.24, 2.45) is 0 Å². The second-order valence-electron chi connectivity index (χ2n) is 6.91. The van der Waals surface area contributed by atoms with Gasteiger partial charge in [0.2, 0.25) is 5.91 Å². The van der Waals surface area contributed by atoms with Crippen LogP contribution in [0.1, 0.15) is 44.9 Å². The van der Waals surface area contributed by atoms with Crippen LogP contribution in [-0.2, 0) is 9.59 Å². The summed E-state index contributed by atoms with van der Waals surface area (Å²) < 4.78 is 0. The van der Waals surface area contributed by atoms with Crippen molar-refractivity contribution in [3.05, 3.63) is 0 Å². The molecule has 3 aliphatic rings. The predicted octanol–water partition coefficient (Wildman–Crippen LogP) is 0.452. The highest BCUT2D eigenvalue weighted by Gasteiger charge is 2.52. The van der Waals surface area contributed by atoms with Crippen molar-refractivity contribution in [1.82, 2.24) is 20.4 Å². The summed E-state index contributed by atoms with van der Waals surface area (Å²) in [4.78, 5) is 40.4. The molecule has 1 atom stereocenters. The fourth-order valence-electron chi connectivity index (χ4n) is 4.15. The van der Waals surface area contributed by atoms with E-state index in [1.54, 1.807) is 0 Å². The number of hydrogen-bond donors (Lipinski definition) is 2. The quantitative estimate of drug-likeness (QED) is 0.737. The number of carbonyl (C=O) groups is 3. The van der Waals surface area contributed by atoms with Gasteiger partial charge in [0, 0.05) is 19.1 Å². The van der Waals surface area contributed by atoms with Crippen molar-refractivity contribution >= 4 is 17.8 Å². The van der Waals surface area contributed by atoms with Crippen LogP contribution >= 0.6 is 0 Å². The fraction of sp³-hybridized carbons (Fsp3) is 0.812. The average molecular weight is 322 g/mol. The minimum Gasteiger partial charge on any atom is -0.337 e. The zero-order valence-corrected chi connectivity index (χ0v) is 13.8. The lowest BCUT2D eigenvalue weighted by molar-refractivity contribution is -0.140. The van der Waals surface area contributed by atoms with E-state index in [2.05, 4.69) is 10.6 Å². The molecular weight excluding hydrogens is 296 g/mol. The Hall–Kier alpha value is -1.63. The van der Waals surface area contributed by atoms with Crippen LogP contribution in [0.25, 0.3) is 0 Å². The molecule has 1 saturated carbocycles. The van der Waals surface area contributed by atoms with Crippen LogP contribution in [0, 0.1) is 0 Å². The van der Waals surface area contributed by atoms with Gasteiger partial charge in [-0.2, -0.15) is 0 Å². The first-order valence-electron chi connectivity index (χ1n) is 8.65. The van der Waals surface area contributed by atoms with Crippen LogP contribution in [0.5, 0.6) is 0 Å². The van der Waals surface area contributed by atoms with E-state index in [0.717, 1.165) is 43.5 Å². The lowest BCUT2D eigenvalue weighted by Gasteiger charge is -2.30. The molecule has 7 heteroatoms. The van der Waals surface area contributed by atoms with Gasteiger partial charge in [0.25, 0.3) is 5.91 Å². The number of likely N-dealkylation sites (tertiary alicyclic amines) is 1. The number of amides is 4. The summed E-state index contributed by atoms with van der Waals surface area (Å²) >= 11 is 0. The number of rotatable bonds is 4. The Balaban J connectivity index is 1.66. The third kappa shape index (κ3) is 2.94. The van der Waals surface area contributed by atoms with Crippen LogP contribution < -0.4 is 10.6 Å². The van der Waals surface area contributed by atoms with E-state index >= 15 is 0 Å². The maximum atomic E-state index is 12.7. The van der Waals surface area contributed by atoms with E-state index < -0.39 is 11.6 Å². The summed E-state index contributed by atoms with van der Waals surface area (Å²) in [5, 5.41) is 5.95. The maximum absolute atomic E-state index is 12.7. The molecule has 128 valence electrons. The third-order valence-corrected chi connectivity index (χ3v) is 5.38. The van der Waals surface area contributed by atoms with Gasteiger partial charge in [-0.3, -0.25) is 14.5 Å². The normalized spacial score (nSPS) is 26.9. The smallest absolute Gasteiger partial charge is 0.325 e. The Bertz CT molecular complexity index is 502. The zero-order chi connectivity index (χ0) is 16.4. The van der Waals surface area contributed by atoms with Crippen molar-refractivity contribution in [2.75, 3.05) is 26.7 Å². The minimum atomic E-state index is -0.745.